The topological polar surface area (TPSA) is 51.1 Å². The Morgan fingerprint density at radius 1 is 0.833 bits per heavy atom. The van der Waals surface area contributed by atoms with E-state index in [1.165, 1.54) is 0 Å². The highest BCUT2D eigenvalue weighted by Gasteiger charge is 2.22. The summed E-state index contributed by atoms with van der Waals surface area (Å²) in [6, 6.07) is 25.0. The highest BCUT2D eigenvalue weighted by atomic mass is 35.5. The second-order valence-corrected chi connectivity index (χ2v) is 7.46. The van der Waals surface area contributed by atoms with Crippen LogP contribution in [0, 0.1) is 0 Å². The third-order valence-corrected chi connectivity index (χ3v) is 5.13. The summed E-state index contributed by atoms with van der Waals surface area (Å²) < 4.78 is 1.76. The molecule has 0 radical (unpaired) electrons. The number of anilines is 1. The van der Waals surface area contributed by atoms with Crippen LogP contribution < -0.4 is 5.32 Å². The first-order valence-corrected chi connectivity index (χ1v) is 9.91. The van der Waals surface area contributed by atoms with E-state index in [-0.39, 0.29) is 5.91 Å². The molecule has 0 aliphatic heterocycles. The molecule has 0 saturated heterocycles. The Balaban J connectivity index is 1.87. The third-order valence-electron chi connectivity index (χ3n) is 4.63. The number of carbonyl (C=O) groups excluding carboxylic acids is 2. The second kappa shape index (κ2) is 8.57. The molecule has 0 aliphatic rings. The SMILES string of the molecule is O=Cc1cc(C(=O)Nc2ccc(Cl)cc2)c(-c2ccccc2)n1-c1ccc(Cl)cc1. The van der Waals surface area contributed by atoms with E-state index in [9.17, 15) is 9.59 Å². The number of nitrogens with one attached hydrogen (secondary N) is 1. The first kappa shape index (κ1) is 20.0. The highest BCUT2D eigenvalue weighted by molar-refractivity contribution is 6.31. The molecule has 4 rings (SSSR count). The van der Waals surface area contributed by atoms with Gasteiger partial charge in [0.2, 0.25) is 0 Å². The summed E-state index contributed by atoms with van der Waals surface area (Å²) in [7, 11) is 0. The monoisotopic (exact) mass is 434 g/mol. The average molecular weight is 435 g/mol. The lowest BCUT2D eigenvalue weighted by molar-refractivity contribution is 0.102. The van der Waals surface area contributed by atoms with Gasteiger partial charge in [0.15, 0.2) is 6.29 Å². The van der Waals surface area contributed by atoms with Crippen LogP contribution in [-0.4, -0.2) is 16.8 Å². The van der Waals surface area contributed by atoms with E-state index < -0.39 is 0 Å². The van der Waals surface area contributed by atoms with E-state index >= 15 is 0 Å². The summed E-state index contributed by atoms with van der Waals surface area (Å²) >= 11 is 12.0. The van der Waals surface area contributed by atoms with Gasteiger partial charge in [0, 0.05) is 21.4 Å². The summed E-state index contributed by atoms with van der Waals surface area (Å²) in [5, 5.41) is 4.04. The Hall–Kier alpha value is -3.34. The van der Waals surface area contributed by atoms with E-state index in [1.54, 1.807) is 47.0 Å². The van der Waals surface area contributed by atoms with Crippen LogP contribution in [0.5, 0.6) is 0 Å². The molecular formula is C24H16Cl2N2O2. The Labute approximate surface area is 183 Å². The molecule has 0 bridgehead atoms. The Kier molecular flexibility index (Phi) is 5.70. The maximum absolute atomic E-state index is 13.2. The number of nitrogens with zero attached hydrogens (tertiary/aromatic N) is 1. The van der Waals surface area contributed by atoms with Gasteiger partial charge in [-0.25, -0.2) is 0 Å². The highest BCUT2D eigenvalue weighted by Crippen LogP contribution is 2.31. The normalized spacial score (nSPS) is 10.6. The first-order valence-electron chi connectivity index (χ1n) is 9.16. The van der Waals surface area contributed by atoms with E-state index in [0.29, 0.717) is 32.7 Å². The van der Waals surface area contributed by atoms with Gasteiger partial charge in [0.1, 0.15) is 0 Å². The Morgan fingerprint density at radius 2 is 1.43 bits per heavy atom. The van der Waals surface area contributed by atoms with Crippen molar-refractivity contribution in [3.8, 4) is 16.9 Å². The molecule has 0 unspecified atom stereocenters. The molecule has 4 nitrogen and oxygen atoms in total. The van der Waals surface area contributed by atoms with Crippen LogP contribution >= 0.6 is 23.2 Å². The number of hydrogen-bond acceptors (Lipinski definition) is 2. The summed E-state index contributed by atoms with van der Waals surface area (Å²) in [6.45, 7) is 0. The molecule has 0 atom stereocenters. The molecule has 1 N–H and O–H groups in total. The fraction of sp³-hybridized carbons (Fsp3) is 0. The van der Waals surface area contributed by atoms with E-state index in [4.69, 9.17) is 23.2 Å². The lowest BCUT2D eigenvalue weighted by Gasteiger charge is -2.14. The molecule has 0 fully saturated rings. The van der Waals surface area contributed by atoms with Gasteiger partial charge >= 0.3 is 0 Å². The standard InChI is InChI=1S/C24H16Cl2N2O2/c25-17-6-10-19(11-7-17)27-24(30)22-14-21(15-29)28(20-12-8-18(26)9-13-20)23(22)16-4-2-1-3-5-16/h1-15H,(H,27,30). The van der Waals surface area contributed by atoms with E-state index in [1.807, 2.05) is 42.5 Å². The number of amides is 1. The summed E-state index contributed by atoms with van der Waals surface area (Å²) in [6.07, 6.45) is 0.736. The molecule has 0 spiro atoms. The van der Waals surface area contributed by atoms with E-state index in [0.717, 1.165) is 17.5 Å². The minimum absolute atomic E-state index is 0.327. The van der Waals surface area contributed by atoms with Crippen molar-refractivity contribution in [2.45, 2.75) is 0 Å². The van der Waals surface area contributed by atoms with Crippen molar-refractivity contribution in [3.05, 3.63) is 106 Å². The molecule has 30 heavy (non-hydrogen) atoms. The smallest absolute Gasteiger partial charge is 0.257 e. The predicted octanol–water partition coefficient (Wildman–Crippen LogP) is 6.52. The molecular weight excluding hydrogens is 419 g/mol. The number of aromatic nitrogens is 1. The Morgan fingerprint density at radius 3 is 2.03 bits per heavy atom. The molecule has 148 valence electrons. The lowest BCUT2D eigenvalue weighted by Crippen LogP contribution is -2.13. The van der Waals surface area contributed by atoms with Crippen LogP contribution in [0.1, 0.15) is 20.8 Å². The zero-order valence-electron chi connectivity index (χ0n) is 15.7. The van der Waals surface area contributed by atoms with Crippen molar-refractivity contribution in [3.63, 3.8) is 0 Å². The van der Waals surface area contributed by atoms with Gasteiger partial charge in [-0.3, -0.25) is 9.59 Å². The van der Waals surface area contributed by atoms with Crippen LogP contribution in [0.4, 0.5) is 5.69 Å². The lowest BCUT2D eigenvalue weighted by atomic mass is 10.1. The molecule has 3 aromatic carbocycles. The van der Waals surface area contributed by atoms with Gasteiger partial charge in [-0.1, -0.05) is 53.5 Å². The van der Waals surface area contributed by atoms with Crippen molar-refractivity contribution in [1.82, 2.24) is 4.57 Å². The van der Waals surface area contributed by atoms with E-state index in [2.05, 4.69) is 5.32 Å². The van der Waals surface area contributed by atoms with Gasteiger partial charge in [0.25, 0.3) is 5.91 Å². The van der Waals surface area contributed by atoms with Crippen molar-refractivity contribution >= 4 is 41.1 Å². The third kappa shape index (κ3) is 4.01. The maximum Gasteiger partial charge on any atom is 0.257 e. The maximum atomic E-state index is 13.2. The zero-order chi connectivity index (χ0) is 21.1. The van der Waals surface area contributed by atoms with Crippen molar-refractivity contribution in [2.24, 2.45) is 0 Å². The summed E-state index contributed by atoms with van der Waals surface area (Å²) in [5.41, 5.74) is 3.50. The van der Waals surface area contributed by atoms with Crippen LogP contribution in [0.2, 0.25) is 10.0 Å². The molecule has 1 heterocycles. The fourth-order valence-corrected chi connectivity index (χ4v) is 3.52. The number of aldehydes is 1. The van der Waals surface area contributed by atoms with Crippen LogP contribution in [0.15, 0.2) is 84.9 Å². The number of rotatable bonds is 5. The average Bonchev–Trinajstić information content (AvgIpc) is 3.16. The van der Waals surface area contributed by atoms with Gasteiger partial charge in [-0.2, -0.15) is 0 Å². The minimum Gasteiger partial charge on any atom is -0.322 e. The zero-order valence-corrected chi connectivity index (χ0v) is 17.2. The molecule has 1 amide bonds. The number of benzene rings is 3. The van der Waals surface area contributed by atoms with Crippen LogP contribution in [0.25, 0.3) is 16.9 Å². The van der Waals surface area contributed by atoms with Crippen molar-refractivity contribution in [1.29, 1.82) is 0 Å². The van der Waals surface area contributed by atoms with Crippen molar-refractivity contribution in [2.75, 3.05) is 5.32 Å². The summed E-state index contributed by atoms with van der Waals surface area (Å²) in [4.78, 5) is 25.1. The second-order valence-electron chi connectivity index (χ2n) is 6.59. The predicted molar refractivity (Wildman–Crippen MR) is 121 cm³/mol. The Bertz CT molecular complexity index is 1200. The molecule has 0 saturated carbocycles. The molecule has 6 heteroatoms. The van der Waals surface area contributed by atoms with Gasteiger partial charge < -0.3 is 9.88 Å². The fourth-order valence-electron chi connectivity index (χ4n) is 3.27. The number of halogens is 2. The van der Waals surface area contributed by atoms with Crippen LogP contribution in [0.3, 0.4) is 0 Å². The number of carbonyl (C=O) groups is 2. The van der Waals surface area contributed by atoms with Gasteiger partial charge in [0.05, 0.1) is 17.0 Å². The minimum atomic E-state index is -0.327. The largest absolute Gasteiger partial charge is 0.322 e. The van der Waals surface area contributed by atoms with Crippen LogP contribution in [-0.2, 0) is 0 Å². The number of hydrogen-bond donors (Lipinski definition) is 1. The molecule has 4 aromatic rings. The quantitative estimate of drug-likeness (QED) is 0.363. The van der Waals surface area contributed by atoms with Gasteiger partial charge in [-0.05, 0) is 60.2 Å². The summed E-state index contributed by atoms with van der Waals surface area (Å²) in [5.74, 6) is -0.327. The first-order chi connectivity index (χ1) is 14.6. The van der Waals surface area contributed by atoms with Gasteiger partial charge in [-0.15, -0.1) is 0 Å². The van der Waals surface area contributed by atoms with Crippen molar-refractivity contribution < 1.29 is 9.59 Å². The molecule has 0 aliphatic carbocycles. The molecule has 1 aromatic heterocycles.